The molecule has 1 aliphatic heterocycles. The summed E-state index contributed by atoms with van der Waals surface area (Å²) in [4.78, 5) is 15.7. The molecule has 0 fully saturated rings. The van der Waals surface area contributed by atoms with Gasteiger partial charge in [-0.15, -0.1) is 0 Å². The number of nitrogens with zero attached hydrogens (tertiary/aromatic N) is 1. The van der Waals surface area contributed by atoms with Gasteiger partial charge in [0.1, 0.15) is 18.1 Å². The van der Waals surface area contributed by atoms with E-state index in [0.717, 1.165) is 23.3 Å². The Bertz CT molecular complexity index is 718. The Hall–Kier alpha value is -2.40. The van der Waals surface area contributed by atoms with Crippen molar-refractivity contribution in [3.8, 4) is 0 Å². The van der Waals surface area contributed by atoms with Crippen molar-refractivity contribution in [2.45, 2.75) is 26.4 Å². The summed E-state index contributed by atoms with van der Waals surface area (Å²) in [7, 11) is 0. The summed E-state index contributed by atoms with van der Waals surface area (Å²) in [6, 6.07) is 3.85. The molecule has 1 N–H and O–H groups in total. The summed E-state index contributed by atoms with van der Waals surface area (Å²) in [5.41, 5.74) is 3.27. The van der Waals surface area contributed by atoms with Crippen LogP contribution >= 0.6 is 0 Å². The van der Waals surface area contributed by atoms with E-state index in [1.165, 1.54) is 0 Å². The Balaban J connectivity index is 1.81. The molecule has 1 atom stereocenters. The molecule has 0 saturated carbocycles. The molecular formula is C19H21NO4. The number of pyridine rings is 1. The quantitative estimate of drug-likeness (QED) is 0.840. The number of carbonyl (C=O) groups excluding carboxylic acids is 1. The number of carbonyl (C=O) groups is 1. The first-order chi connectivity index (χ1) is 11.7. The van der Waals surface area contributed by atoms with Gasteiger partial charge in [-0.2, -0.15) is 0 Å². The smallest absolute Gasteiger partial charge is 0.157 e. The number of aliphatic hydroxyl groups is 1. The van der Waals surface area contributed by atoms with E-state index in [2.05, 4.69) is 4.98 Å². The minimum atomic E-state index is -0.00250. The number of aldehydes is 1. The lowest BCUT2D eigenvalue weighted by Crippen LogP contribution is -2.12. The predicted octanol–water partition coefficient (Wildman–Crippen LogP) is 3.34. The van der Waals surface area contributed by atoms with E-state index in [1.54, 1.807) is 12.3 Å². The number of rotatable bonds is 5. The second-order valence-electron chi connectivity index (χ2n) is 6.04. The lowest BCUT2D eigenvalue weighted by Gasteiger charge is -2.21. The van der Waals surface area contributed by atoms with Crippen LogP contribution in [0.2, 0.25) is 0 Å². The van der Waals surface area contributed by atoms with E-state index >= 15 is 0 Å². The number of hydrogen-bond acceptors (Lipinski definition) is 5. The molecule has 0 spiro atoms. The summed E-state index contributed by atoms with van der Waals surface area (Å²) < 4.78 is 11.2. The molecule has 2 aliphatic rings. The molecule has 24 heavy (non-hydrogen) atoms. The molecule has 0 saturated heterocycles. The van der Waals surface area contributed by atoms with Crippen molar-refractivity contribution >= 4 is 11.9 Å². The summed E-state index contributed by atoms with van der Waals surface area (Å²) in [5, 5.41) is 9.92. The van der Waals surface area contributed by atoms with Gasteiger partial charge >= 0.3 is 0 Å². The van der Waals surface area contributed by atoms with Crippen molar-refractivity contribution in [2.75, 3.05) is 13.2 Å². The third-order valence-electron chi connectivity index (χ3n) is 4.20. The number of allylic oxidation sites excluding steroid dienone is 3. The second kappa shape index (κ2) is 7.45. The molecule has 5 heteroatoms. The van der Waals surface area contributed by atoms with E-state index < -0.39 is 0 Å². The number of hydrogen-bond donors (Lipinski definition) is 1. The molecular weight excluding hydrogens is 306 g/mol. The fraction of sp³-hybridized carbons (Fsp3) is 0.368. The first-order valence-corrected chi connectivity index (χ1v) is 8.12. The molecule has 5 nitrogen and oxygen atoms in total. The zero-order chi connectivity index (χ0) is 16.9. The van der Waals surface area contributed by atoms with Crippen LogP contribution < -0.4 is 0 Å². The first-order valence-electron chi connectivity index (χ1n) is 8.12. The maximum Gasteiger partial charge on any atom is 0.157 e. The molecule has 0 aromatic carbocycles. The summed E-state index contributed by atoms with van der Waals surface area (Å²) in [6.07, 6.45) is 7.57. The number of aromatic nitrogens is 1. The fourth-order valence-electron chi connectivity index (χ4n) is 2.98. The fourth-order valence-corrected chi connectivity index (χ4v) is 2.98. The molecule has 1 aromatic heterocycles. The first kappa shape index (κ1) is 16.5. The summed E-state index contributed by atoms with van der Waals surface area (Å²) in [6.45, 7) is 3.58. The van der Waals surface area contributed by atoms with Gasteiger partial charge in [0.15, 0.2) is 6.29 Å². The Kier molecular flexibility index (Phi) is 5.11. The molecule has 0 amide bonds. The van der Waals surface area contributed by atoms with Crippen molar-refractivity contribution in [3.05, 3.63) is 58.8 Å². The van der Waals surface area contributed by atoms with E-state index in [-0.39, 0.29) is 17.3 Å². The molecule has 1 aromatic rings. The van der Waals surface area contributed by atoms with E-state index in [9.17, 15) is 9.90 Å². The predicted molar refractivity (Wildman–Crippen MR) is 90.0 cm³/mol. The van der Waals surface area contributed by atoms with Crippen LogP contribution in [0, 0.1) is 5.92 Å². The lowest BCUT2D eigenvalue weighted by molar-refractivity contribution is -0.105. The van der Waals surface area contributed by atoms with Crippen LogP contribution in [0.5, 0.6) is 0 Å². The molecule has 1 unspecified atom stereocenters. The highest BCUT2D eigenvalue weighted by Crippen LogP contribution is 2.29. The zero-order valence-electron chi connectivity index (χ0n) is 13.7. The van der Waals surface area contributed by atoms with Gasteiger partial charge < -0.3 is 14.6 Å². The van der Waals surface area contributed by atoms with Crippen LogP contribution in [0.3, 0.4) is 0 Å². The zero-order valence-corrected chi connectivity index (χ0v) is 13.7. The highest BCUT2D eigenvalue weighted by atomic mass is 16.5. The minimum Gasteiger partial charge on any atom is -0.507 e. The van der Waals surface area contributed by atoms with Gasteiger partial charge in [-0.05, 0) is 30.1 Å². The molecule has 2 heterocycles. The Morgan fingerprint density at radius 1 is 1.50 bits per heavy atom. The van der Waals surface area contributed by atoms with Crippen molar-refractivity contribution < 1.29 is 19.4 Å². The van der Waals surface area contributed by atoms with E-state index in [4.69, 9.17) is 9.47 Å². The van der Waals surface area contributed by atoms with Crippen molar-refractivity contribution in [2.24, 2.45) is 5.92 Å². The maximum atomic E-state index is 11.2. The second-order valence-corrected chi connectivity index (χ2v) is 6.04. The highest BCUT2D eigenvalue weighted by Gasteiger charge is 2.21. The molecule has 3 rings (SSSR count). The summed E-state index contributed by atoms with van der Waals surface area (Å²) >= 11 is 0. The van der Waals surface area contributed by atoms with Gasteiger partial charge in [0.25, 0.3) is 0 Å². The standard InChI is InChI=1S/C19H21NO4/c1-13-9-17(22)16(11-21)18(10-13)24-12-15-3-2-6-20-19(15)14-4-7-23-8-5-14/h2-4,6,9,11,13,22H,5,7-8,10,12H2,1H3. The van der Waals surface area contributed by atoms with Gasteiger partial charge in [0.05, 0.1) is 24.5 Å². The van der Waals surface area contributed by atoms with Gasteiger partial charge in [-0.3, -0.25) is 9.78 Å². The van der Waals surface area contributed by atoms with Gasteiger partial charge in [-0.25, -0.2) is 0 Å². The Morgan fingerprint density at radius 3 is 3.12 bits per heavy atom. The van der Waals surface area contributed by atoms with Crippen LogP contribution in [0.4, 0.5) is 0 Å². The molecule has 0 radical (unpaired) electrons. The van der Waals surface area contributed by atoms with E-state index in [0.29, 0.717) is 38.3 Å². The van der Waals surface area contributed by atoms with Crippen LogP contribution in [-0.2, 0) is 20.9 Å². The topological polar surface area (TPSA) is 68.7 Å². The average Bonchev–Trinajstić information content (AvgIpc) is 2.60. The third kappa shape index (κ3) is 3.57. The van der Waals surface area contributed by atoms with Crippen LogP contribution in [0.15, 0.2) is 47.6 Å². The van der Waals surface area contributed by atoms with Crippen molar-refractivity contribution in [1.82, 2.24) is 4.98 Å². The Morgan fingerprint density at radius 2 is 2.38 bits per heavy atom. The molecule has 0 bridgehead atoms. The van der Waals surface area contributed by atoms with Crippen LogP contribution in [0.25, 0.3) is 5.57 Å². The van der Waals surface area contributed by atoms with Crippen molar-refractivity contribution in [1.29, 1.82) is 0 Å². The monoisotopic (exact) mass is 327 g/mol. The SMILES string of the molecule is CC1C=C(O)C(C=O)=C(OCc2cccnc2C2=CCOCC2)C1. The van der Waals surface area contributed by atoms with Crippen LogP contribution in [-0.4, -0.2) is 29.6 Å². The third-order valence-corrected chi connectivity index (χ3v) is 4.20. The number of ether oxygens (including phenoxy) is 2. The number of aliphatic hydroxyl groups excluding tert-OH is 1. The van der Waals surface area contributed by atoms with E-state index in [1.807, 2.05) is 25.1 Å². The average molecular weight is 327 g/mol. The summed E-state index contributed by atoms with van der Waals surface area (Å²) in [5.74, 6) is 0.667. The Labute approximate surface area is 141 Å². The highest BCUT2D eigenvalue weighted by molar-refractivity contribution is 5.80. The molecule has 1 aliphatic carbocycles. The van der Waals surface area contributed by atoms with Gasteiger partial charge in [-0.1, -0.05) is 19.1 Å². The minimum absolute atomic E-state index is 0.00250. The van der Waals surface area contributed by atoms with Gasteiger partial charge in [0, 0.05) is 18.2 Å². The van der Waals surface area contributed by atoms with Gasteiger partial charge in [0.2, 0.25) is 0 Å². The maximum absolute atomic E-state index is 11.2. The van der Waals surface area contributed by atoms with Crippen LogP contribution in [0.1, 0.15) is 31.0 Å². The molecule has 126 valence electrons. The lowest BCUT2D eigenvalue weighted by atomic mass is 9.95. The largest absolute Gasteiger partial charge is 0.507 e. The van der Waals surface area contributed by atoms with Crippen molar-refractivity contribution in [3.63, 3.8) is 0 Å². The normalized spacial score (nSPS) is 21.1.